The van der Waals surface area contributed by atoms with Gasteiger partial charge in [0, 0.05) is 25.7 Å². The quantitative estimate of drug-likeness (QED) is 0.480. The van der Waals surface area contributed by atoms with Gasteiger partial charge in [0.15, 0.2) is 0 Å². The molecule has 0 amide bonds. The summed E-state index contributed by atoms with van der Waals surface area (Å²) in [6.07, 6.45) is 1.81. The van der Waals surface area contributed by atoms with Crippen LogP contribution < -0.4 is 0 Å². The van der Waals surface area contributed by atoms with Crippen molar-refractivity contribution < 1.29 is 13.3 Å². The van der Waals surface area contributed by atoms with Crippen molar-refractivity contribution in [3.8, 4) is 0 Å². The maximum Gasteiger partial charge on any atom is 0.529 e. The molecule has 0 unspecified atom stereocenters. The smallest absolute Gasteiger partial charge is 0.371 e. The van der Waals surface area contributed by atoms with Crippen LogP contribution in [-0.4, -0.2) is 34.5 Å². The molecule has 0 heterocycles. The van der Waals surface area contributed by atoms with E-state index in [4.69, 9.17) is 24.9 Å². The summed E-state index contributed by atoms with van der Waals surface area (Å²) < 4.78 is 16.7. The molecule has 0 aliphatic heterocycles. The maximum absolute atomic E-state index is 5.58. The molecule has 0 aromatic rings. The number of allylic oxidation sites excluding steroid dienone is 1. The summed E-state index contributed by atoms with van der Waals surface area (Å²) in [4.78, 5) is 0. The van der Waals surface area contributed by atoms with Crippen LogP contribution in [-0.2, 0) is 13.3 Å². The van der Waals surface area contributed by atoms with E-state index < -0.39 is 8.80 Å². The zero-order chi connectivity index (χ0) is 10.9. The van der Waals surface area contributed by atoms with Crippen LogP contribution in [0.25, 0.3) is 0 Å². The van der Waals surface area contributed by atoms with Crippen LogP contribution >= 0.6 is 11.6 Å². The third-order valence-corrected chi connectivity index (χ3v) is 4.34. The van der Waals surface area contributed by atoms with Gasteiger partial charge in [-0.05, 0) is 26.5 Å². The van der Waals surface area contributed by atoms with Crippen molar-refractivity contribution >= 4 is 20.4 Å². The minimum Gasteiger partial charge on any atom is -0.371 e. The van der Waals surface area contributed by atoms with E-state index >= 15 is 0 Å². The van der Waals surface area contributed by atoms with E-state index in [0.29, 0.717) is 25.7 Å². The number of hydrogen-bond acceptors (Lipinski definition) is 3. The molecule has 0 saturated carbocycles. The predicted octanol–water partition coefficient (Wildman–Crippen LogP) is 2.37. The highest BCUT2D eigenvalue weighted by Gasteiger charge is 2.37. The predicted molar refractivity (Wildman–Crippen MR) is 60.5 cm³/mol. The summed E-state index contributed by atoms with van der Waals surface area (Å²) in [7, 11) is -2.58. The first-order valence-corrected chi connectivity index (χ1v) is 7.23. The zero-order valence-electron chi connectivity index (χ0n) is 9.09. The fraction of sp³-hybridized carbons (Fsp3) is 0.778. The second-order valence-corrected chi connectivity index (χ2v) is 5.17. The minimum atomic E-state index is -2.58. The molecular formula is C9H19ClO3Si. The summed E-state index contributed by atoms with van der Waals surface area (Å²) >= 11 is 5.58. The molecular weight excluding hydrogens is 220 g/mol. The lowest BCUT2D eigenvalue weighted by molar-refractivity contribution is 0.0842. The lowest BCUT2D eigenvalue weighted by Gasteiger charge is -2.25. The first-order valence-electron chi connectivity index (χ1n) is 4.90. The van der Waals surface area contributed by atoms with Crippen LogP contribution in [0.2, 0.25) is 0 Å². The molecule has 3 nitrogen and oxygen atoms in total. The van der Waals surface area contributed by atoms with Crippen LogP contribution in [0.15, 0.2) is 11.8 Å². The SMILES string of the molecule is CCO[Si](C=CCCl)(OCC)OCC. The Bertz CT molecular complexity index is 147. The molecule has 0 aliphatic carbocycles. The normalized spacial score (nSPS) is 12.6. The lowest BCUT2D eigenvalue weighted by Crippen LogP contribution is -2.44. The van der Waals surface area contributed by atoms with Gasteiger partial charge in [0.05, 0.1) is 0 Å². The molecule has 0 rings (SSSR count). The van der Waals surface area contributed by atoms with E-state index in [-0.39, 0.29) is 0 Å². The number of hydrogen-bond donors (Lipinski definition) is 0. The Morgan fingerprint density at radius 1 is 1.00 bits per heavy atom. The van der Waals surface area contributed by atoms with Gasteiger partial charge < -0.3 is 13.3 Å². The average Bonchev–Trinajstić information content (AvgIpc) is 2.16. The summed E-state index contributed by atoms with van der Waals surface area (Å²) in [5, 5.41) is 0. The topological polar surface area (TPSA) is 27.7 Å². The Labute approximate surface area is 92.4 Å². The van der Waals surface area contributed by atoms with E-state index in [1.54, 1.807) is 0 Å². The molecule has 0 bridgehead atoms. The van der Waals surface area contributed by atoms with Gasteiger partial charge >= 0.3 is 8.80 Å². The van der Waals surface area contributed by atoms with Crippen molar-refractivity contribution in [1.29, 1.82) is 0 Å². The highest BCUT2D eigenvalue weighted by atomic mass is 35.5. The van der Waals surface area contributed by atoms with Gasteiger partial charge in [-0.2, -0.15) is 0 Å². The number of halogens is 1. The Morgan fingerprint density at radius 3 is 1.71 bits per heavy atom. The van der Waals surface area contributed by atoms with Crippen LogP contribution in [0.4, 0.5) is 0 Å². The van der Waals surface area contributed by atoms with Crippen molar-refractivity contribution in [2.24, 2.45) is 0 Å². The second-order valence-electron chi connectivity index (χ2n) is 2.46. The Hall–Kier alpha value is 0.127. The molecule has 0 saturated heterocycles. The van der Waals surface area contributed by atoms with Gasteiger partial charge in [0.2, 0.25) is 0 Å². The first-order chi connectivity index (χ1) is 6.74. The van der Waals surface area contributed by atoms with Crippen LogP contribution in [0.1, 0.15) is 20.8 Å². The van der Waals surface area contributed by atoms with Crippen molar-refractivity contribution in [1.82, 2.24) is 0 Å². The van der Waals surface area contributed by atoms with Crippen LogP contribution in [0.5, 0.6) is 0 Å². The Balaban J connectivity index is 4.45. The van der Waals surface area contributed by atoms with Gasteiger partial charge in [0.1, 0.15) is 0 Å². The molecule has 0 aromatic carbocycles. The van der Waals surface area contributed by atoms with Crippen molar-refractivity contribution in [3.63, 3.8) is 0 Å². The molecule has 5 heteroatoms. The summed E-state index contributed by atoms with van der Waals surface area (Å²) in [6.45, 7) is 7.52. The molecule has 0 fully saturated rings. The van der Waals surface area contributed by atoms with Crippen LogP contribution in [0, 0.1) is 0 Å². The maximum atomic E-state index is 5.58. The highest BCUT2D eigenvalue weighted by molar-refractivity contribution is 6.66. The standard InChI is InChI=1S/C9H19ClO3Si/c1-4-11-14(12-5-2,13-6-3)9-7-8-10/h7,9H,4-6,8H2,1-3H3. The van der Waals surface area contributed by atoms with Crippen molar-refractivity contribution in [2.75, 3.05) is 25.7 Å². The average molecular weight is 239 g/mol. The van der Waals surface area contributed by atoms with E-state index in [9.17, 15) is 0 Å². The van der Waals surface area contributed by atoms with Gasteiger partial charge in [0.25, 0.3) is 0 Å². The Morgan fingerprint density at radius 2 is 1.43 bits per heavy atom. The molecule has 0 atom stereocenters. The highest BCUT2D eigenvalue weighted by Crippen LogP contribution is 2.11. The van der Waals surface area contributed by atoms with Gasteiger partial charge in [-0.3, -0.25) is 0 Å². The number of alkyl halides is 1. The molecule has 14 heavy (non-hydrogen) atoms. The molecule has 0 spiro atoms. The van der Waals surface area contributed by atoms with Crippen molar-refractivity contribution in [3.05, 3.63) is 11.8 Å². The monoisotopic (exact) mass is 238 g/mol. The molecule has 0 N–H and O–H groups in total. The third-order valence-electron chi connectivity index (χ3n) is 1.45. The second kappa shape index (κ2) is 8.44. The summed E-state index contributed by atoms with van der Waals surface area (Å²) in [5.41, 5.74) is 1.84. The fourth-order valence-corrected chi connectivity index (χ4v) is 3.45. The third kappa shape index (κ3) is 5.12. The Kier molecular flexibility index (Phi) is 8.51. The van der Waals surface area contributed by atoms with E-state index in [0.717, 1.165) is 0 Å². The molecule has 84 valence electrons. The zero-order valence-corrected chi connectivity index (χ0v) is 10.8. The molecule has 0 aromatic heterocycles. The first kappa shape index (κ1) is 14.1. The van der Waals surface area contributed by atoms with E-state index in [1.807, 2.05) is 32.5 Å². The van der Waals surface area contributed by atoms with Gasteiger partial charge in [-0.15, -0.1) is 11.6 Å². The molecule has 0 aliphatic rings. The number of rotatable bonds is 8. The minimum absolute atomic E-state index is 0.446. The van der Waals surface area contributed by atoms with E-state index in [1.165, 1.54) is 0 Å². The van der Waals surface area contributed by atoms with Crippen molar-refractivity contribution in [2.45, 2.75) is 20.8 Å². The van der Waals surface area contributed by atoms with Crippen LogP contribution in [0.3, 0.4) is 0 Å². The van der Waals surface area contributed by atoms with E-state index in [2.05, 4.69) is 0 Å². The van der Waals surface area contributed by atoms with Gasteiger partial charge in [-0.1, -0.05) is 6.08 Å². The molecule has 0 radical (unpaired) electrons. The largest absolute Gasteiger partial charge is 0.529 e. The fourth-order valence-electron chi connectivity index (χ4n) is 1.06. The summed E-state index contributed by atoms with van der Waals surface area (Å²) in [6, 6.07) is 0. The lowest BCUT2D eigenvalue weighted by atomic mass is 10.8. The summed E-state index contributed by atoms with van der Waals surface area (Å²) in [5.74, 6) is 0.446. The van der Waals surface area contributed by atoms with Gasteiger partial charge in [-0.25, -0.2) is 0 Å².